The fraction of sp³-hybridized carbons (Fsp3) is 0.290. The van der Waals surface area contributed by atoms with Crippen molar-refractivity contribution in [2.24, 2.45) is 0 Å². The summed E-state index contributed by atoms with van der Waals surface area (Å²) < 4.78 is 2.58. The number of hydrogen-bond acceptors (Lipinski definition) is 1. The first kappa shape index (κ1) is 21.6. The molecule has 33 heavy (non-hydrogen) atoms. The van der Waals surface area contributed by atoms with E-state index in [-0.39, 0.29) is 11.0 Å². The molecule has 5 rings (SSSR count). The molecule has 0 N–H and O–H groups in total. The Balaban J connectivity index is 1.94. The molecule has 0 spiro atoms. The second-order valence-electron chi connectivity index (χ2n) is 9.68. The second kappa shape index (κ2) is 8.26. The van der Waals surface area contributed by atoms with E-state index >= 15 is 0 Å². The largest absolute Gasteiger partial charge is 0.239 e. The number of fused-ring (bicyclic) bond motifs is 3. The van der Waals surface area contributed by atoms with E-state index in [1.54, 1.807) is 0 Å². The van der Waals surface area contributed by atoms with Gasteiger partial charge in [-0.2, -0.15) is 4.57 Å². The lowest BCUT2D eigenvalue weighted by atomic mass is 9.60. The topological polar surface area (TPSA) is 16.8 Å². The molecule has 2 heterocycles. The molecule has 0 amide bonds. The van der Waals surface area contributed by atoms with E-state index in [9.17, 15) is 0 Å². The van der Waals surface area contributed by atoms with Gasteiger partial charge in [-0.3, -0.25) is 0 Å². The van der Waals surface area contributed by atoms with E-state index in [0.29, 0.717) is 0 Å². The van der Waals surface area contributed by atoms with Crippen LogP contribution < -0.4 is 4.57 Å². The Hall–Kier alpha value is -3.26. The summed E-state index contributed by atoms with van der Waals surface area (Å²) in [5.74, 6) is 0. The van der Waals surface area contributed by atoms with E-state index in [2.05, 4.69) is 123 Å². The molecule has 2 heteroatoms. The van der Waals surface area contributed by atoms with Crippen LogP contribution in [0.5, 0.6) is 0 Å². The maximum Gasteiger partial charge on any atom is 0.239 e. The Morgan fingerprint density at radius 3 is 2.00 bits per heavy atom. The van der Waals surface area contributed by atoms with E-state index < -0.39 is 0 Å². The van der Waals surface area contributed by atoms with Crippen molar-refractivity contribution >= 4 is 0 Å². The lowest BCUT2D eigenvalue weighted by Crippen LogP contribution is -2.68. The summed E-state index contributed by atoms with van der Waals surface area (Å²) in [6, 6.07) is 30.3. The van der Waals surface area contributed by atoms with E-state index in [1.165, 1.54) is 16.8 Å². The Labute approximate surface area is 198 Å². The van der Waals surface area contributed by atoms with Gasteiger partial charge in [0.25, 0.3) is 0 Å². The summed E-state index contributed by atoms with van der Waals surface area (Å²) >= 11 is 0. The van der Waals surface area contributed by atoms with Crippen LogP contribution in [0, 0.1) is 0 Å². The summed E-state index contributed by atoms with van der Waals surface area (Å²) in [5, 5.41) is 0. The zero-order valence-corrected chi connectivity index (χ0v) is 20.2. The first-order chi connectivity index (χ1) is 16.0. The van der Waals surface area contributed by atoms with Crippen LogP contribution in [0.15, 0.2) is 91.1 Å². The molecule has 1 aliphatic heterocycles. The minimum absolute atomic E-state index is 0.0144. The fourth-order valence-corrected chi connectivity index (χ4v) is 5.88. The normalized spacial score (nSPS) is 21.3. The minimum atomic E-state index is -0.0732. The minimum Gasteiger partial charge on any atom is -0.234 e. The third kappa shape index (κ3) is 3.23. The molecule has 0 saturated heterocycles. The highest BCUT2D eigenvalue weighted by Gasteiger charge is 2.57. The maximum atomic E-state index is 5.30. The van der Waals surface area contributed by atoms with Crippen LogP contribution in [0.25, 0.3) is 33.8 Å². The third-order valence-corrected chi connectivity index (χ3v) is 8.01. The van der Waals surface area contributed by atoms with Gasteiger partial charge in [0.05, 0.1) is 11.0 Å². The van der Waals surface area contributed by atoms with Crippen LogP contribution >= 0.6 is 0 Å². The first-order valence-corrected chi connectivity index (χ1v) is 12.2. The highest BCUT2D eigenvalue weighted by molar-refractivity contribution is 5.80. The van der Waals surface area contributed by atoms with Gasteiger partial charge in [-0.05, 0) is 31.4 Å². The van der Waals surface area contributed by atoms with Crippen molar-refractivity contribution in [3.63, 3.8) is 0 Å². The molecule has 0 saturated carbocycles. The van der Waals surface area contributed by atoms with Crippen molar-refractivity contribution in [1.29, 1.82) is 0 Å². The van der Waals surface area contributed by atoms with Gasteiger partial charge >= 0.3 is 0 Å². The molecule has 3 aromatic carbocycles. The summed E-state index contributed by atoms with van der Waals surface area (Å²) in [4.78, 5) is 5.30. The predicted octanol–water partition coefficient (Wildman–Crippen LogP) is 7.57. The van der Waals surface area contributed by atoms with Crippen LogP contribution in [0.2, 0.25) is 0 Å². The van der Waals surface area contributed by atoms with Crippen molar-refractivity contribution < 1.29 is 4.57 Å². The Kier molecular flexibility index (Phi) is 5.40. The van der Waals surface area contributed by atoms with Gasteiger partial charge < -0.3 is 0 Å². The molecule has 1 aliphatic rings. The number of benzene rings is 3. The highest BCUT2D eigenvalue weighted by Crippen LogP contribution is 2.51. The molecule has 166 valence electrons. The van der Waals surface area contributed by atoms with Gasteiger partial charge in [0, 0.05) is 24.5 Å². The average molecular weight is 434 g/mol. The van der Waals surface area contributed by atoms with Crippen molar-refractivity contribution in [3.05, 3.63) is 96.7 Å². The Morgan fingerprint density at radius 1 is 0.758 bits per heavy atom. The molecule has 0 aliphatic carbocycles. The molecule has 4 aromatic rings. The Morgan fingerprint density at radius 2 is 1.36 bits per heavy atom. The SMILES string of the molecule is CCCC1(C)[n+]2cc(-c3ccccc3)nc(-c3ccccc3)c2-c2ccccc2C1(C)CC. The van der Waals surface area contributed by atoms with E-state index in [4.69, 9.17) is 4.98 Å². The lowest BCUT2D eigenvalue weighted by Gasteiger charge is -2.46. The fourth-order valence-electron chi connectivity index (χ4n) is 5.88. The first-order valence-electron chi connectivity index (χ1n) is 12.2. The maximum absolute atomic E-state index is 5.30. The highest BCUT2D eigenvalue weighted by atomic mass is 15.1. The monoisotopic (exact) mass is 433 g/mol. The van der Waals surface area contributed by atoms with Crippen molar-refractivity contribution in [2.75, 3.05) is 0 Å². The molecule has 0 radical (unpaired) electrons. The lowest BCUT2D eigenvalue weighted by molar-refractivity contribution is -0.765. The van der Waals surface area contributed by atoms with Gasteiger partial charge in [-0.15, -0.1) is 0 Å². The van der Waals surface area contributed by atoms with Crippen LogP contribution in [0.3, 0.4) is 0 Å². The summed E-state index contributed by atoms with van der Waals surface area (Å²) in [5.41, 5.74) is 8.32. The van der Waals surface area contributed by atoms with Crippen LogP contribution in [0.4, 0.5) is 0 Å². The molecule has 0 bridgehead atoms. The zero-order valence-electron chi connectivity index (χ0n) is 20.2. The van der Waals surface area contributed by atoms with Crippen molar-refractivity contribution in [1.82, 2.24) is 4.98 Å². The summed E-state index contributed by atoms with van der Waals surface area (Å²) in [6.45, 7) is 9.57. The van der Waals surface area contributed by atoms with Crippen molar-refractivity contribution in [2.45, 2.75) is 57.9 Å². The number of nitrogens with zero attached hydrogens (tertiary/aromatic N) is 2. The predicted molar refractivity (Wildman–Crippen MR) is 137 cm³/mol. The van der Waals surface area contributed by atoms with E-state index in [1.807, 2.05) is 0 Å². The Bertz CT molecular complexity index is 1280. The van der Waals surface area contributed by atoms with Gasteiger partial charge in [0.15, 0.2) is 11.7 Å². The third-order valence-electron chi connectivity index (χ3n) is 8.01. The standard InChI is InChI=1S/C31H33N2/c1-5-21-31(4)30(3,6-2)26-20-14-13-19-25(26)29-28(24-17-11-8-12-18-24)32-27(22-33(29)31)23-15-9-7-10-16-23/h7-20,22H,5-6,21H2,1-4H3/q+1. The molecule has 2 unspecified atom stereocenters. The number of hydrogen-bond donors (Lipinski definition) is 0. The molecular formula is C31H33N2+. The molecule has 1 aromatic heterocycles. The van der Waals surface area contributed by atoms with Gasteiger partial charge in [-0.1, -0.05) is 92.7 Å². The zero-order chi connectivity index (χ0) is 23.1. The van der Waals surface area contributed by atoms with Gasteiger partial charge in [-0.25, -0.2) is 4.98 Å². The van der Waals surface area contributed by atoms with Crippen LogP contribution in [-0.4, -0.2) is 4.98 Å². The van der Waals surface area contributed by atoms with Gasteiger partial charge in [0.2, 0.25) is 5.69 Å². The van der Waals surface area contributed by atoms with Gasteiger partial charge in [0.1, 0.15) is 11.4 Å². The quantitative estimate of drug-likeness (QED) is 0.297. The van der Waals surface area contributed by atoms with Crippen LogP contribution in [0.1, 0.15) is 52.5 Å². The number of aromatic nitrogens is 2. The summed E-state index contributed by atoms with van der Waals surface area (Å²) in [7, 11) is 0. The smallest absolute Gasteiger partial charge is 0.234 e. The molecule has 0 fully saturated rings. The van der Waals surface area contributed by atoms with Crippen LogP contribution in [-0.2, 0) is 11.0 Å². The second-order valence-corrected chi connectivity index (χ2v) is 9.68. The average Bonchev–Trinajstić information content (AvgIpc) is 2.88. The number of rotatable bonds is 5. The molecule has 2 nitrogen and oxygen atoms in total. The molecular weight excluding hydrogens is 400 g/mol. The van der Waals surface area contributed by atoms with Crippen molar-refractivity contribution in [3.8, 4) is 33.8 Å². The summed E-state index contributed by atoms with van der Waals surface area (Å²) in [6.07, 6.45) is 5.63. The molecule has 2 atom stereocenters. The van der Waals surface area contributed by atoms with E-state index in [0.717, 1.165) is 41.8 Å².